The van der Waals surface area contributed by atoms with Crippen molar-refractivity contribution in [1.29, 1.82) is 0 Å². The van der Waals surface area contributed by atoms with Crippen molar-refractivity contribution in [2.45, 2.75) is 6.54 Å². The Hall–Kier alpha value is -1.78. The van der Waals surface area contributed by atoms with E-state index in [1.165, 1.54) is 12.1 Å². The number of nitro benzene ring substituents is 1. The van der Waals surface area contributed by atoms with Crippen LogP contribution in [0.15, 0.2) is 42.5 Å². The number of rotatable bonds is 4. The average molecular weight is 297 g/mol. The van der Waals surface area contributed by atoms with Crippen molar-refractivity contribution in [3.05, 3.63) is 68.2 Å². The lowest BCUT2D eigenvalue weighted by atomic mass is 10.2. The van der Waals surface area contributed by atoms with Gasteiger partial charge in [0.2, 0.25) is 0 Å². The van der Waals surface area contributed by atoms with Gasteiger partial charge < -0.3 is 5.32 Å². The first-order valence-electron chi connectivity index (χ1n) is 5.50. The van der Waals surface area contributed by atoms with Gasteiger partial charge in [-0.1, -0.05) is 53.5 Å². The number of nitrogens with zero attached hydrogens (tertiary/aromatic N) is 1. The number of hydrogen-bond acceptors (Lipinski definition) is 3. The van der Waals surface area contributed by atoms with Crippen LogP contribution in [0.3, 0.4) is 0 Å². The molecule has 0 aromatic heterocycles. The Morgan fingerprint density at radius 3 is 2.42 bits per heavy atom. The second kappa shape index (κ2) is 5.91. The Labute approximate surface area is 120 Å². The Morgan fingerprint density at radius 1 is 1.11 bits per heavy atom. The van der Waals surface area contributed by atoms with E-state index in [1.54, 1.807) is 0 Å². The summed E-state index contributed by atoms with van der Waals surface area (Å²) < 4.78 is 0. The second-order valence-electron chi connectivity index (χ2n) is 3.85. The molecule has 2 rings (SSSR count). The van der Waals surface area contributed by atoms with Gasteiger partial charge >= 0.3 is 0 Å². The monoisotopic (exact) mass is 296 g/mol. The predicted molar refractivity (Wildman–Crippen MR) is 76.9 cm³/mol. The van der Waals surface area contributed by atoms with Crippen molar-refractivity contribution in [2.75, 3.05) is 5.32 Å². The highest BCUT2D eigenvalue weighted by atomic mass is 35.5. The van der Waals surface area contributed by atoms with E-state index in [2.05, 4.69) is 5.32 Å². The molecule has 2 aromatic rings. The number of anilines is 1. The van der Waals surface area contributed by atoms with Gasteiger partial charge in [0.25, 0.3) is 5.69 Å². The van der Waals surface area contributed by atoms with Crippen LogP contribution in [0.5, 0.6) is 0 Å². The van der Waals surface area contributed by atoms with Gasteiger partial charge in [0.05, 0.1) is 15.0 Å². The molecule has 0 aliphatic heterocycles. The lowest BCUT2D eigenvalue weighted by Crippen LogP contribution is -2.03. The molecule has 0 atom stereocenters. The van der Waals surface area contributed by atoms with Crippen molar-refractivity contribution < 1.29 is 4.92 Å². The van der Waals surface area contributed by atoms with Crippen molar-refractivity contribution >= 4 is 34.6 Å². The maximum absolute atomic E-state index is 11.0. The molecule has 6 heteroatoms. The molecule has 0 heterocycles. The van der Waals surface area contributed by atoms with E-state index >= 15 is 0 Å². The summed E-state index contributed by atoms with van der Waals surface area (Å²) >= 11 is 11.9. The third-order valence-electron chi connectivity index (χ3n) is 2.58. The molecule has 0 bridgehead atoms. The van der Waals surface area contributed by atoms with E-state index < -0.39 is 4.92 Å². The summed E-state index contributed by atoms with van der Waals surface area (Å²) in [6.07, 6.45) is 0. The Bertz CT molecular complexity index is 603. The first-order valence-corrected chi connectivity index (χ1v) is 6.25. The third-order valence-corrected chi connectivity index (χ3v) is 3.39. The summed E-state index contributed by atoms with van der Waals surface area (Å²) in [6.45, 7) is 0.432. The lowest BCUT2D eigenvalue weighted by Gasteiger charge is -2.10. The molecule has 2 aromatic carbocycles. The molecule has 0 aliphatic rings. The van der Waals surface area contributed by atoms with Gasteiger partial charge in [-0.15, -0.1) is 0 Å². The fraction of sp³-hybridized carbons (Fsp3) is 0.0769. The van der Waals surface area contributed by atoms with Gasteiger partial charge in [-0.3, -0.25) is 10.1 Å². The van der Waals surface area contributed by atoms with Crippen LogP contribution in [0.25, 0.3) is 0 Å². The van der Waals surface area contributed by atoms with Gasteiger partial charge in [-0.25, -0.2) is 0 Å². The van der Waals surface area contributed by atoms with Gasteiger partial charge in [0.1, 0.15) is 5.69 Å². The average Bonchev–Trinajstić information content (AvgIpc) is 2.41. The van der Waals surface area contributed by atoms with Crippen molar-refractivity contribution in [3.63, 3.8) is 0 Å². The van der Waals surface area contributed by atoms with Gasteiger partial charge in [0.15, 0.2) is 0 Å². The third kappa shape index (κ3) is 3.16. The van der Waals surface area contributed by atoms with Crippen LogP contribution in [0.1, 0.15) is 5.56 Å². The van der Waals surface area contributed by atoms with E-state index in [-0.39, 0.29) is 21.4 Å². The Morgan fingerprint density at radius 2 is 1.79 bits per heavy atom. The molecule has 0 spiro atoms. The molecule has 4 nitrogen and oxygen atoms in total. The SMILES string of the molecule is O=[N+]([O-])c1ccc(Cl)c(Cl)c1NCc1ccccc1. The number of nitrogens with one attached hydrogen (secondary N) is 1. The van der Waals surface area contributed by atoms with E-state index in [0.717, 1.165) is 5.56 Å². The minimum Gasteiger partial charge on any atom is -0.374 e. The zero-order chi connectivity index (χ0) is 13.8. The van der Waals surface area contributed by atoms with E-state index in [1.807, 2.05) is 30.3 Å². The normalized spacial score (nSPS) is 10.2. The van der Waals surface area contributed by atoms with Crippen molar-refractivity contribution in [3.8, 4) is 0 Å². The fourth-order valence-electron chi connectivity index (χ4n) is 1.65. The number of nitro groups is 1. The first-order chi connectivity index (χ1) is 9.09. The summed E-state index contributed by atoms with van der Waals surface area (Å²) in [4.78, 5) is 10.5. The maximum Gasteiger partial charge on any atom is 0.293 e. The van der Waals surface area contributed by atoms with Crippen LogP contribution in [0.2, 0.25) is 10.0 Å². The highest BCUT2D eigenvalue weighted by Gasteiger charge is 2.18. The molecular formula is C13H10Cl2N2O2. The summed E-state index contributed by atoms with van der Waals surface area (Å²) in [5.74, 6) is 0. The van der Waals surface area contributed by atoms with Crippen LogP contribution in [-0.4, -0.2) is 4.92 Å². The van der Waals surface area contributed by atoms with E-state index in [0.29, 0.717) is 6.54 Å². The highest BCUT2D eigenvalue weighted by molar-refractivity contribution is 6.44. The molecule has 19 heavy (non-hydrogen) atoms. The van der Waals surface area contributed by atoms with Gasteiger partial charge in [-0.05, 0) is 11.6 Å². The minimum absolute atomic E-state index is 0.0923. The number of hydrogen-bond donors (Lipinski definition) is 1. The number of benzene rings is 2. The Balaban J connectivity index is 2.28. The molecule has 0 amide bonds. The molecule has 0 unspecified atom stereocenters. The summed E-state index contributed by atoms with van der Waals surface area (Å²) in [6, 6.07) is 12.3. The highest BCUT2D eigenvalue weighted by Crippen LogP contribution is 2.37. The Kier molecular flexibility index (Phi) is 4.24. The van der Waals surface area contributed by atoms with Gasteiger partial charge in [-0.2, -0.15) is 0 Å². The quantitative estimate of drug-likeness (QED) is 0.667. The molecule has 0 radical (unpaired) electrons. The van der Waals surface area contributed by atoms with Crippen molar-refractivity contribution in [2.24, 2.45) is 0 Å². The fourth-order valence-corrected chi connectivity index (χ4v) is 2.03. The van der Waals surface area contributed by atoms with E-state index in [9.17, 15) is 10.1 Å². The second-order valence-corrected chi connectivity index (χ2v) is 4.64. The van der Waals surface area contributed by atoms with Crippen LogP contribution >= 0.6 is 23.2 Å². The maximum atomic E-state index is 11.0. The molecule has 0 aliphatic carbocycles. The molecule has 1 N–H and O–H groups in total. The molecule has 0 fully saturated rings. The molecule has 0 saturated heterocycles. The smallest absolute Gasteiger partial charge is 0.293 e. The number of halogens is 2. The van der Waals surface area contributed by atoms with Crippen LogP contribution in [0.4, 0.5) is 11.4 Å². The summed E-state index contributed by atoms with van der Waals surface area (Å²) in [7, 11) is 0. The zero-order valence-corrected chi connectivity index (χ0v) is 11.3. The largest absolute Gasteiger partial charge is 0.374 e. The predicted octanol–water partition coefficient (Wildman–Crippen LogP) is 4.51. The first kappa shape index (κ1) is 13.6. The summed E-state index contributed by atoms with van der Waals surface area (Å²) in [5, 5.41) is 14.4. The molecular weight excluding hydrogens is 287 g/mol. The summed E-state index contributed by atoms with van der Waals surface area (Å²) in [5.41, 5.74) is 1.14. The zero-order valence-electron chi connectivity index (χ0n) is 9.77. The van der Waals surface area contributed by atoms with E-state index in [4.69, 9.17) is 23.2 Å². The van der Waals surface area contributed by atoms with Crippen molar-refractivity contribution in [1.82, 2.24) is 0 Å². The standard InChI is InChI=1S/C13H10Cl2N2O2/c14-10-6-7-11(17(18)19)13(12(10)15)16-8-9-4-2-1-3-5-9/h1-7,16H,8H2. The van der Waals surface area contributed by atoms with Gasteiger partial charge in [0, 0.05) is 12.6 Å². The minimum atomic E-state index is -0.491. The lowest BCUT2D eigenvalue weighted by molar-refractivity contribution is -0.383. The molecule has 0 saturated carbocycles. The van der Waals surface area contributed by atoms with Crippen LogP contribution in [-0.2, 0) is 6.54 Å². The van der Waals surface area contributed by atoms with Crippen LogP contribution in [0, 0.1) is 10.1 Å². The topological polar surface area (TPSA) is 55.2 Å². The van der Waals surface area contributed by atoms with Crippen LogP contribution < -0.4 is 5.32 Å². The molecule has 98 valence electrons.